The molecule has 1 saturated carbocycles. The van der Waals surface area contributed by atoms with Crippen molar-refractivity contribution in [1.29, 1.82) is 0 Å². The second kappa shape index (κ2) is 9.80. The summed E-state index contributed by atoms with van der Waals surface area (Å²) in [4.78, 5) is 6.22. The van der Waals surface area contributed by atoms with E-state index in [4.69, 9.17) is 4.84 Å². The molecule has 1 aliphatic carbocycles. The molecule has 1 fully saturated rings. The minimum Gasteiger partial charge on any atom is -0.296 e. The van der Waals surface area contributed by atoms with Gasteiger partial charge in [-0.1, -0.05) is 40.0 Å². The highest BCUT2D eigenvalue weighted by Gasteiger charge is 2.22. The summed E-state index contributed by atoms with van der Waals surface area (Å²) in [6.45, 7) is 9.06. The number of nitrogens with zero attached hydrogens (tertiary/aromatic N) is 1. The van der Waals surface area contributed by atoms with E-state index in [2.05, 4.69) is 25.8 Å². The Morgan fingerprint density at radius 1 is 0.889 bits per heavy atom. The van der Waals surface area contributed by atoms with E-state index in [0.717, 1.165) is 19.0 Å². The Morgan fingerprint density at radius 2 is 1.44 bits per heavy atom. The highest BCUT2D eigenvalue weighted by Crippen LogP contribution is 2.28. The fourth-order valence-corrected chi connectivity index (χ4v) is 2.74. The maximum absolute atomic E-state index is 6.22. The van der Waals surface area contributed by atoms with Crippen molar-refractivity contribution >= 4 is 0 Å². The van der Waals surface area contributed by atoms with Crippen molar-refractivity contribution in [3.05, 3.63) is 0 Å². The summed E-state index contributed by atoms with van der Waals surface area (Å²) in [6.07, 6.45) is 12.2. The quantitative estimate of drug-likeness (QED) is 0.549. The summed E-state index contributed by atoms with van der Waals surface area (Å²) in [5.41, 5.74) is 0. The van der Waals surface area contributed by atoms with Crippen LogP contribution >= 0.6 is 0 Å². The van der Waals surface area contributed by atoms with E-state index in [1.807, 2.05) is 0 Å². The Bertz CT molecular complexity index is 180. The third-order valence-electron chi connectivity index (χ3n) is 4.19. The fourth-order valence-electron chi connectivity index (χ4n) is 2.74. The van der Waals surface area contributed by atoms with Crippen molar-refractivity contribution in [2.45, 2.75) is 84.7 Å². The molecule has 0 aromatic rings. The number of rotatable bonds is 9. The topological polar surface area (TPSA) is 12.5 Å². The maximum Gasteiger partial charge on any atom is 0.0793 e. The largest absolute Gasteiger partial charge is 0.296 e. The van der Waals surface area contributed by atoms with Gasteiger partial charge < -0.3 is 0 Å². The van der Waals surface area contributed by atoms with Crippen LogP contribution in [0.2, 0.25) is 0 Å². The van der Waals surface area contributed by atoms with E-state index in [0.29, 0.717) is 6.10 Å². The summed E-state index contributed by atoms with van der Waals surface area (Å²) in [5.74, 6) is 0.963. The number of unbranched alkanes of at least 4 members (excludes halogenated alkanes) is 2. The molecule has 0 amide bonds. The zero-order valence-electron chi connectivity index (χ0n) is 12.8. The van der Waals surface area contributed by atoms with Crippen molar-refractivity contribution in [3.63, 3.8) is 0 Å². The van der Waals surface area contributed by atoms with Crippen LogP contribution in [0.5, 0.6) is 0 Å². The lowest BCUT2D eigenvalue weighted by Gasteiger charge is -2.32. The lowest BCUT2D eigenvalue weighted by molar-refractivity contribution is -0.208. The van der Waals surface area contributed by atoms with E-state index in [1.54, 1.807) is 0 Å². The zero-order valence-corrected chi connectivity index (χ0v) is 12.8. The average molecular weight is 255 g/mol. The standard InChI is InChI=1S/C16H33NO/c1-4-7-13-17(14-8-5-2)18-16-11-9-15(6-3)10-12-16/h15-16H,4-14H2,1-3H3. The second-order valence-corrected chi connectivity index (χ2v) is 5.79. The van der Waals surface area contributed by atoms with Crippen LogP contribution in [0.4, 0.5) is 0 Å². The highest BCUT2D eigenvalue weighted by molar-refractivity contribution is 4.71. The van der Waals surface area contributed by atoms with Gasteiger partial charge in [-0.05, 0) is 44.4 Å². The molecule has 18 heavy (non-hydrogen) atoms. The Hall–Kier alpha value is -0.0800. The van der Waals surface area contributed by atoms with E-state index in [1.165, 1.54) is 57.8 Å². The molecule has 1 aliphatic rings. The maximum atomic E-state index is 6.22. The minimum atomic E-state index is 0.501. The van der Waals surface area contributed by atoms with Gasteiger partial charge in [-0.3, -0.25) is 4.84 Å². The third kappa shape index (κ3) is 6.19. The van der Waals surface area contributed by atoms with Gasteiger partial charge in [0.2, 0.25) is 0 Å². The number of hydrogen-bond acceptors (Lipinski definition) is 2. The van der Waals surface area contributed by atoms with Crippen molar-refractivity contribution < 1.29 is 4.84 Å². The summed E-state index contributed by atoms with van der Waals surface area (Å²) in [7, 11) is 0. The molecular weight excluding hydrogens is 222 g/mol. The molecule has 0 unspecified atom stereocenters. The zero-order chi connectivity index (χ0) is 13.2. The monoisotopic (exact) mass is 255 g/mol. The van der Waals surface area contributed by atoms with Gasteiger partial charge in [0.05, 0.1) is 6.10 Å². The fraction of sp³-hybridized carbons (Fsp3) is 1.00. The lowest BCUT2D eigenvalue weighted by atomic mass is 9.86. The molecule has 0 atom stereocenters. The summed E-state index contributed by atoms with van der Waals surface area (Å²) in [6, 6.07) is 0. The van der Waals surface area contributed by atoms with Crippen LogP contribution in [0.15, 0.2) is 0 Å². The minimum absolute atomic E-state index is 0.501. The predicted octanol–water partition coefficient (Wildman–Crippen LogP) is 4.79. The summed E-state index contributed by atoms with van der Waals surface area (Å²) in [5, 5.41) is 2.25. The van der Waals surface area contributed by atoms with Crippen LogP contribution in [0.3, 0.4) is 0 Å². The van der Waals surface area contributed by atoms with E-state index in [-0.39, 0.29) is 0 Å². The molecule has 0 heterocycles. The molecule has 2 heteroatoms. The third-order valence-corrected chi connectivity index (χ3v) is 4.19. The molecule has 0 aromatic heterocycles. The van der Waals surface area contributed by atoms with Crippen molar-refractivity contribution in [2.75, 3.05) is 13.1 Å². The highest BCUT2D eigenvalue weighted by atomic mass is 16.7. The Morgan fingerprint density at radius 3 is 1.89 bits per heavy atom. The van der Waals surface area contributed by atoms with Crippen LogP contribution < -0.4 is 0 Å². The first kappa shape index (κ1) is 16.0. The smallest absolute Gasteiger partial charge is 0.0793 e. The van der Waals surface area contributed by atoms with Crippen molar-refractivity contribution in [3.8, 4) is 0 Å². The van der Waals surface area contributed by atoms with Crippen LogP contribution in [0.25, 0.3) is 0 Å². The summed E-state index contributed by atoms with van der Waals surface area (Å²) >= 11 is 0. The lowest BCUT2D eigenvalue weighted by Crippen LogP contribution is -2.33. The van der Waals surface area contributed by atoms with E-state index < -0.39 is 0 Å². The van der Waals surface area contributed by atoms with Gasteiger partial charge in [-0.25, -0.2) is 0 Å². The molecule has 0 aromatic carbocycles. The van der Waals surface area contributed by atoms with Crippen LogP contribution in [0.1, 0.15) is 78.6 Å². The molecule has 2 nitrogen and oxygen atoms in total. The van der Waals surface area contributed by atoms with Gasteiger partial charge in [-0.15, -0.1) is 0 Å². The molecule has 0 radical (unpaired) electrons. The average Bonchev–Trinajstić information content (AvgIpc) is 2.42. The molecular formula is C16H33NO. The summed E-state index contributed by atoms with van der Waals surface area (Å²) < 4.78 is 0. The SMILES string of the molecule is CCCCN(CCCC)OC1CCC(CC)CC1. The molecule has 0 aliphatic heterocycles. The Balaban J connectivity index is 2.26. The first-order valence-corrected chi connectivity index (χ1v) is 8.21. The van der Waals surface area contributed by atoms with E-state index >= 15 is 0 Å². The molecule has 1 rings (SSSR count). The van der Waals surface area contributed by atoms with Gasteiger partial charge in [0, 0.05) is 13.1 Å². The van der Waals surface area contributed by atoms with Gasteiger partial charge in [-0.2, -0.15) is 5.06 Å². The first-order valence-electron chi connectivity index (χ1n) is 8.21. The molecule has 0 bridgehead atoms. The first-order chi connectivity index (χ1) is 8.80. The van der Waals surface area contributed by atoms with Gasteiger partial charge in [0.1, 0.15) is 0 Å². The van der Waals surface area contributed by atoms with Crippen molar-refractivity contribution in [1.82, 2.24) is 5.06 Å². The van der Waals surface area contributed by atoms with Crippen molar-refractivity contribution in [2.24, 2.45) is 5.92 Å². The van der Waals surface area contributed by atoms with E-state index in [9.17, 15) is 0 Å². The molecule has 108 valence electrons. The Labute approximate surface area is 114 Å². The second-order valence-electron chi connectivity index (χ2n) is 5.79. The molecule has 0 saturated heterocycles. The molecule has 0 N–H and O–H groups in total. The number of hydrogen-bond donors (Lipinski definition) is 0. The van der Waals surface area contributed by atoms with Gasteiger partial charge in [0.25, 0.3) is 0 Å². The Kier molecular flexibility index (Phi) is 8.70. The van der Waals surface area contributed by atoms with Crippen LogP contribution in [-0.2, 0) is 4.84 Å². The number of hydroxylamine groups is 2. The van der Waals surface area contributed by atoms with Gasteiger partial charge in [0.15, 0.2) is 0 Å². The van der Waals surface area contributed by atoms with Crippen LogP contribution in [-0.4, -0.2) is 24.3 Å². The van der Waals surface area contributed by atoms with Gasteiger partial charge >= 0.3 is 0 Å². The predicted molar refractivity (Wildman–Crippen MR) is 78.5 cm³/mol. The molecule has 0 spiro atoms. The normalized spacial score (nSPS) is 24.7. The van der Waals surface area contributed by atoms with Crippen LogP contribution in [0, 0.1) is 5.92 Å².